The fraction of sp³-hybridized carbons (Fsp3) is 0.226. The highest BCUT2D eigenvalue weighted by molar-refractivity contribution is 7.50. The Kier molecular flexibility index (Phi) is 10.6. The summed E-state index contributed by atoms with van der Waals surface area (Å²) in [5.41, 5.74) is -19.1. The van der Waals surface area contributed by atoms with Gasteiger partial charge in [-0.25, -0.2) is 0 Å². The molecule has 4 rings (SSSR count). The zero-order valence-corrected chi connectivity index (χ0v) is 28.2. The second-order valence-corrected chi connectivity index (χ2v) is 19.4. The average Bonchev–Trinajstić information content (AvgIpc) is 2.98. The molecule has 0 nitrogen and oxygen atoms in total. The van der Waals surface area contributed by atoms with E-state index in [9.17, 15) is 79.0 Å². The minimum Gasteiger partial charge on any atom is -0.195 e. The minimum absolute atomic E-state index is 0.0469. The van der Waals surface area contributed by atoms with E-state index in [-0.39, 0.29) is 41.6 Å². The molecule has 0 fully saturated rings. The van der Waals surface area contributed by atoms with E-state index in [1.165, 1.54) is 6.55 Å². The van der Waals surface area contributed by atoms with Crippen molar-refractivity contribution < 1.29 is 79.0 Å². The SMILES string of the molecule is C[Si](Cl)(Cl)c1ccc([B-](c2cc(C(F)(F)F)cc(C(F)(F)F)c2)(c2cc(C(F)(F)F)cc(C(F)(F)F)c2)c2cc(C(F)(F)F)cc(C(F)(F)F)c2)cc1. The van der Waals surface area contributed by atoms with Gasteiger partial charge in [0.15, 0.2) is 0 Å². The highest BCUT2D eigenvalue weighted by Crippen LogP contribution is 2.39. The van der Waals surface area contributed by atoms with Crippen LogP contribution in [0.15, 0.2) is 78.9 Å². The molecule has 0 amide bonds. The molecular formula is C31H16BCl2F18Si-. The van der Waals surface area contributed by atoms with Gasteiger partial charge in [-0.15, -0.1) is 22.2 Å². The highest BCUT2D eigenvalue weighted by Gasteiger charge is 2.45. The maximum Gasteiger partial charge on any atom is 0.416 e. The Labute approximate surface area is 296 Å². The molecule has 0 aliphatic rings. The molecule has 0 aromatic heterocycles. The Morgan fingerprint density at radius 3 is 0.736 bits per heavy atom. The van der Waals surface area contributed by atoms with Crippen LogP contribution in [-0.4, -0.2) is 12.8 Å². The quantitative estimate of drug-likeness (QED) is 0.107. The van der Waals surface area contributed by atoms with Crippen molar-refractivity contribution in [1.29, 1.82) is 0 Å². The monoisotopic (exact) mass is 839 g/mol. The van der Waals surface area contributed by atoms with E-state index in [4.69, 9.17) is 22.2 Å². The molecule has 0 bridgehead atoms. The number of halogens is 20. The molecule has 0 unspecified atom stereocenters. The summed E-state index contributed by atoms with van der Waals surface area (Å²) in [6, 6.07) is 0.360. The normalized spacial score (nSPS) is 14.1. The predicted octanol–water partition coefficient (Wildman–Crippen LogP) is 9.93. The van der Waals surface area contributed by atoms with Crippen LogP contribution in [0.3, 0.4) is 0 Å². The molecule has 53 heavy (non-hydrogen) atoms. The molecule has 0 aliphatic carbocycles. The van der Waals surface area contributed by atoms with Gasteiger partial charge >= 0.3 is 37.1 Å². The van der Waals surface area contributed by atoms with Crippen LogP contribution in [0.1, 0.15) is 33.4 Å². The molecular weight excluding hydrogens is 824 g/mol. The largest absolute Gasteiger partial charge is 0.416 e. The molecule has 0 saturated carbocycles. The smallest absolute Gasteiger partial charge is 0.195 e. The van der Waals surface area contributed by atoms with Crippen molar-refractivity contribution in [1.82, 2.24) is 0 Å². The molecule has 288 valence electrons. The highest BCUT2D eigenvalue weighted by atomic mass is 35.7. The van der Waals surface area contributed by atoms with E-state index in [2.05, 4.69) is 0 Å². The van der Waals surface area contributed by atoms with E-state index in [1.807, 2.05) is 0 Å². The van der Waals surface area contributed by atoms with Crippen LogP contribution in [0.2, 0.25) is 6.55 Å². The van der Waals surface area contributed by atoms with Crippen molar-refractivity contribution in [3.8, 4) is 0 Å². The van der Waals surface area contributed by atoms with Crippen LogP contribution < -0.4 is 27.0 Å². The first-order chi connectivity index (χ1) is 23.7. The van der Waals surface area contributed by atoms with E-state index in [1.54, 1.807) is 0 Å². The van der Waals surface area contributed by atoms with Crippen molar-refractivity contribution in [2.45, 2.75) is 43.6 Å². The van der Waals surface area contributed by atoms with Gasteiger partial charge < -0.3 is 0 Å². The van der Waals surface area contributed by atoms with Crippen LogP contribution in [0.25, 0.3) is 0 Å². The van der Waals surface area contributed by atoms with E-state index in [0.717, 1.165) is 12.1 Å². The Morgan fingerprint density at radius 2 is 0.566 bits per heavy atom. The first-order valence-corrected chi connectivity index (χ1v) is 18.7. The second-order valence-electron chi connectivity index (χ2n) is 11.9. The third-order valence-electron chi connectivity index (χ3n) is 8.25. The second kappa shape index (κ2) is 13.4. The molecule has 0 N–H and O–H groups in total. The standard InChI is InChI=1S/C31H16BCl2F18Si/c1-53(33,34)25-4-2-21(3-5-25)32(22-9-15(26(35,36)37)6-16(10-22)27(38,39)40,23-11-17(28(41,42)43)7-18(12-23)29(44,45)46)24-13-19(30(47,48)49)8-20(14-24)31(50,51)52/h2-14H,1H3/q-1. The first-order valence-electron chi connectivity index (χ1n) is 14.2. The number of hydrogen-bond acceptors (Lipinski definition) is 0. The molecule has 4 aromatic rings. The Hall–Kier alpha value is -3.52. The molecule has 0 heterocycles. The Balaban J connectivity index is 2.49. The molecule has 0 aliphatic heterocycles. The summed E-state index contributed by atoms with van der Waals surface area (Å²) in [6.45, 7) is -2.25. The van der Waals surface area contributed by atoms with Gasteiger partial charge in [-0.3, -0.25) is 0 Å². The van der Waals surface area contributed by atoms with Crippen molar-refractivity contribution >= 4 is 62.0 Å². The minimum atomic E-state index is -5.78. The topological polar surface area (TPSA) is 0 Å². The number of hydrogen-bond donors (Lipinski definition) is 0. The fourth-order valence-corrected chi connectivity index (χ4v) is 7.41. The lowest BCUT2D eigenvalue weighted by Crippen LogP contribution is -2.75. The van der Waals surface area contributed by atoms with Gasteiger partial charge in [-0.2, -0.15) is 101 Å². The molecule has 0 spiro atoms. The Bertz CT molecular complexity index is 1700. The van der Waals surface area contributed by atoms with Crippen LogP contribution in [0.4, 0.5) is 79.0 Å². The summed E-state index contributed by atoms with van der Waals surface area (Å²) in [4.78, 5) is 0. The summed E-state index contributed by atoms with van der Waals surface area (Å²) in [6.07, 6.45) is -39.4. The molecule has 0 radical (unpaired) electrons. The number of alkyl halides is 18. The zero-order valence-electron chi connectivity index (χ0n) is 25.6. The van der Waals surface area contributed by atoms with Crippen LogP contribution in [0.5, 0.6) is 0 Å². The van der Waals surface area contributed by atoms with Gasteiger partial charge in [0.05, 0.1) is 33.4 Å². The fourth-order valence-electron chi connectivity index (χ4n) is 5.91. The number of benzene rings is 4. The molecule has 4 aromatic carbocycles. The van der Waals surface area contributed by atoms with E-state index in [0.29, 0.717) is 12.1 Å². The predicted molar refractivity (Wildman–Crippen MR) is 163 cm³/mol. The lowest BCUT2D eigenvalue weighted by Gasteiger charge is -2.46. The third kappa shape index (κ3) is 8.90. The summed E-state index contributed by atoms with van der Waals surface area (Å²) in [5.74, 6) is 0. The van der Waals surface area contributed by atoms with E-state index < -0.39 is 123 Å². The van der Waals surface area contributed by atoms with Crippen molar-refractivity contribution in [2.24, 2.45) is 0 Å². The van der Waals surface area contributed by atoms with Crippen molar-refractivity contribution in [2.75, 3.05) is 0 Å². The van der Waals surface area contributed by atoms with Crippen LogP contribution in [-0.2, 0) is 37.1 Å². The van der Waals surface area contributed by atoms with Gasteiger partial charge in [0.2, 0.25) is 0 Å². The zero-order chi connectivity index (χ0) is 40.5. The maximum atomic E-state index is 14.2. The van der Waals surface area contributed by atoms with Gasteiger partial charge in [0.25, 0.3) is 6.69 Å². The van der Waals surface area contributed by atoms with Gasteiger partial charge in [-0.1, -0.05) is 60.7 Å². The lowest BCUT2D eigenvalue weighted by atomic mass is 9.12. The van der Waals surface area contributed by atoms with Crippen molar-refractivity contribution in [3.05, 3.63) is 112 Å². The number of rotatable bonds is 5. The first kappa shape index (κ1) is 42.2. The third-order valence-corrected chi connectivity index (χ3v) is 10.9. The Morgan fingerprint density at radius 1 is 0.358 bits per heavy atom. The van der Waals surface area contributed by atoms with E-state index >= 15 is 0 Å². The summed E-state index contributed by atoms with van der Waals surface area (Å²) in [5, 5.41) is -0.0469. The average molecular weight is 840 g/mol. The maximum absolute atomic E-state index is 14.2. The molecule has 0 atom stereocenters. The van der Waals surface area contributed by atoms with Crippen LogP contribution in [0, 0.1) is 0 Å². The summed E-state index contributed by atoms with van der Waals surface area (Å²) >= 11 is 12.3. The van der Waals surface area contributed by atoms with Gasteiger partial charge in [0.1, 0.15) is 6.15 Å². The van der Waals surface area contributed by atoms with Crippen molar-refractivity contribution in [3.63, 3.8) is 0 Å². The molecule has 22 heteroatoms. The van der Waals surface area contributed by atoms with Gasteiger partial charge in [0, 0.05) is 0 Å². The van der Waals surface area contributed by atoms with Crippen LogP contribution >= 0.6 is 22.2 Å². The van der Waals surface area contributed by atoms with Gasteiger partial charge in [-0.05, 0) is 29.9 Å². The summed E-state index contributed by atoms with van der Waals surface area (Å²) < 4.78 is 256. The lowest BCUT2D eigenvalue weighted by molar-refractivity contribution is -0.144. The molecule has 0 saturated heterocycles. The summed E-state index contributed by atoms with van der Waals surface area (Å²) in [7, 11) is 0.